The summed E-state index contributed by atoms with van der Waals surface area (Å²) < 4.78 is 11.1. The van der Waals surface area contributed by atoms with E-state index in [9.17, 15) is 4.79 Å². The quantitative estimate of drug-likeness (QED) is 0.324. The Morgan fingerprint density at radius 2 is 2.07 bits per heavy atom. The molecule has 3 heterocycles. The van der Waals surface area contributed by atoms with Crippen LogP contribution < -0.4 is 0 Å². The molecule has 0 N–H and O–H groups in total. The fourth-order valence-corrected chi connectivity index (χ4v) is 3.79. The lowest BCUT2D eigenvalue weighted by Gasteiger charge is -1.99. The molecule has 0 aliphatic heterocycles. The van der Waals surface area contributed by atoms with Crippen LogP contribution in [0.4, 0.5) is 0 Å². The van der Waals surface area contributed by atoms with E-state index in [-0.39, 0.29) is 6.61 Å². The molecule has 0 saturated carbocycles. The molecule has 140 valence electrons. The number of esters is 1. The second-order valence-corrected chi connectivity index (χ2v) is 7.93. The standard InChI is InChI=1S/C19H13ClN4O2S2/c20-19-15(21-23-28-19)12-26-17(25)9-8-13-11-24(14-5-2-1-3-6-14)22-18(13)16-7-4-10-27-16/h1-11H,12H2/b9-8+. The highest BCUT2D eigenvalue weighted by molar-refractivity contribution is 7.13. The van der Waals surface area contributed by atoms with Gasteiger partial charge in [0, 0.05) is 29.4 Å². The number of benzene rings is 1. The summed E-state index contributed by atoms with van der Waals surface area (Å²) in [7, 11) is 0. The van der Waals surface area contributed by atoms with E-state index in [1.165, 1.54) is 6.08 Å². The molecule has 0 atom stereocenters. The highest BCUT2D eigenvalue weighted by Gasteiger charge is 2.12. The molecule has 0 saturated heterocycles. The first-order valence-electron chi connectivity index (χ1n) is 8.21. The van der Waals surface area contributed by atoms with Gasteiger partial charge in [-0.15, -0.1) is 16.4 Å². The number of rotatable bonds is 6. The zero-order chi connectivity index (χ0) is 19.3. The van der Waals surface area contributed by atoms with Gasteiger partial charge in [0.25, 0.3) is 0 Å². The van der Waals surface area contributed by atoms with Crippen molar-refractivity contribution in [2.24, 2.45) is 0 Å². The minimum absolute atomic E-state index is 0.0143. The number of halogens is 1. The van der Waals surface area contributed by atoms with Gasteiger partial charge in [-0.2, -0.15) is 5.10 Å². The molecule has 0 aliphatic carbocycles. The van der Waals surface area contributed by atoms with Crippen molar-refractivity contribution in [2.75, 3.05) is 0 Å². The lowest BCUT2D eigenvalue weighted by molar-refractivity contribution is -0.139. The molecule has 0 amide bonds. The van der Waals surface area contributed by atoms with Crippen LogP contribution in [0.5, 0.6) is 0 Å². The fraction of sp³-hybridized carbons (Fsp3) is 0.0526. The molecule has 9 heteroatoms. The Balaban J connectivity index is 1.56. The largest absolute Gasteiger partial charge is 0.456 e. The van der Waals surface area contributed by atoms with Crippen LogP contribution in [0.3, 0.4) is 0 Å². The Hall–Kier alpha value is -2.81. The average molecular weight is 429 g/mol. The van der Waals surface area contributed by atoms with Crippen molar-refractivity contribution in [1.82, 2.24) is 19.4 Å². The van der Waals surface area contributed by atoms with Crippen LogP contribution in [0.15, 0.2) is 60.1 Å². The average Bonchev–Trinajstić information content (AvgIpc) is 3.46. The van der Waals surface area contributed by atoms with Gasteiger partial charge in [-0.1, -0.05) is 40.4 Å². The van der Waals surface area contributed by atoms with Gasteiger partial charge in [-0.25, -0.2) is 9.48 Å². The third-order valence-corrected chi connectivity index (χ3v) is 5.64. The van der Waals surface area contributed by atoms with Gasteiger partial charge < -0.3 is 4.74 Å². The van der Waals surface area contributed by atoms with E-state index in [1.807, 2.05) is 54.0 Å². The van der Waals surface area contributed by atoms with Gasteiger partial charge in [0.1, 0.15) is 22.3 Å². The second kappa shape index (κ2) is 8.47. The van der Waals surface area contributed by atoms with Crippen molar-refractivity contribution < 1.29 is 9.53 Å². The van der Waals surface area contributed by atoms with Gasteiger partial charge in [-0.05, 0) is 29.7 Å². The van der Waals surface area contributed by atoms with E-state index < -0.39 is 5.97 Å². The summed E-state index contributed by atoms with van der Waals surface area (Å²) in [4.78, 5) is 13.1. The summed E-state index contributed by atoms with van der Waals surface area (Å²) >= 11 is 8.55. The number of nitrogens with zero attached hydrogens (tertiary/aromatic N) is 4. The number of carbonyl (C=O) groups is 1. The normalized spacial score (nSPS) is 11.2. The van der Waals surface area contributed by atoms with E-state index in [2.05, 4.69) is 14.7 Å². The third-order valence-electron chi connectivity index (χ3n) is 3.78. The highest BCUT2D eigenvalue weighted by Crippen LogP contribution is 2.28. The first-order valence-corrected chi connectivity index (χ1v) is 10.2. The Bertz CT molecular complexity index is 1100. The van der Waals surface area contributed by atoms with E-state index >= 15 is 0 Å². The molecular formula is C19H13ClN4O2S2. The van der Waals surface area contributed by atoms with Gasteiger partial charge in [0.2, 0.25) is 0 Å². The maximum atomic E-state index is 12.1. The van der Waals surface area contributed by atoms with Crippen molar-refractivity contribution in [3.63, 3.8) is 0 Å². The molecular weight excluding hydrogens is 416 g/mol. The zero-order valence-electron chi connectivity index (χ0n) is 14.4. The van der Waals surface area contributed by atoms with E-state index in [0.717, 1.165) is 33.4 Å². The highest BCUT2D eigenvalue weighted by atomic mass is 35.5. The minimum atomic E-state index is -0.492. The van der Waals surface area contributed by atoms with Crippen molar-refractivity contribution in [2.45, 2.75) is 6.61 Å². The first-order chi connectivity index (χ1) is 13.7. The molecule has 6 nitrogen and oxygen atoms in total. The van der Waals surface area contributed by atoms with E-state index in [0.29, 0.717) is 10.0 Å². The van der Waals surface area contributed by atoms with Crippen LogP contribution in [-0.4, -0.2) is 25.3 Å². The summed E-state index contributed by atoms with van der Waals surface area (Å²) in [6.45, 7) is -0.0143. The smallest absolute Gasteiger partial charge is 0.331 e. The minimum Gasteiger partial charge on any atom is -0.456 e. The Kier molecular flexibility index (Phi) is 5.61. The van der Waals surface area contributed by atoms with E-state index in [1.54, 1.807) is 22.1 Å². The molecule has 3 aromatic heterocycles. The van der Waals surface area contributed by atoms with Crippen LogP contribution in [0, 0.1) is 0 Å². The maximum absolute atomic E-state index is 12.1. The zero-order valence-corrected chi connectivity index (χ0v) is 16.7. The SMILES string of the molecule is O=C(/C=C/c1cn(-c2ccccc2)nc1-c1cccs1)OCc1nnsc1Cl. The number of hydrogen-bond acceptors (Lipinski definition) is 7. The Morgan fingerprint density at radius 3 is 2.79 bits per heavy atom. The summed E-state index contributed by atoms with van der Waals surface area (Å²) in [5, 5.41) is 10.5. The Morgan fingerprint density at radius 1 is 1.21 bits per heavy atom. The molecule has 0 bridgehead atoms. The van der Waals surface area contributed by atoms with Gasteiger partial charge >= 0.3 is 5.97 Å². The van der Waals surface area contributed by atoms with Crippen molar-refractivity contribution in [3.8, 4) is 16.3 Å². The van der Waals surface area contributed by atoms with Crippen molar-refractivity contribution >= 4 is 46.5 Å². The number of carbonyl (C=O) groups excluding carboxylic acids is 1. The molecule has 0 unspecified atom stereocenters. The first kappa shape index (κ1) is 18.5. The predicted octanol–water partition coefficient (Wildman–Crippen LogP) is 4.86. The number of para-hydroxylation sites is 1. The molecule has 0 spiro atoms. The fourth-order valence-electron chi connectivity index (χ4n) is 2.46. The molecule has 0 aliphatic rings. The number of thiophene rings is 1. The van der Waals surface area contributed by atoms with Crippen LogP contribution in [0.25, 0.3) is 22.3 Å². The third kappa shape index (κ3) is 4.19. The lowest BCUT2D eigenvalue weighted by Crippen LogP contribution is -2.01. The van der Waals surface area contributed by atoms with Crippen LogP contribution in [-0.2, 0) is 16.1 Å². The maximum Gasteiger partial charge on any atom is 0.331 e. The summed E-state index contributed by atoms with van der Waals surface area (Å²) in [5.41, 5.74) is 3.00. The molecule has 1 aromatic carbocycles. The topological polar surface area (TPSA) is 69.9 Å². The summed E-state index contributed by atoms with van der Waals surface area (Å²) in [5.74, 6) is -0.492. The number of aromatic nitrogens is 4. The van der Waals surface area contributed by atoms with Crippen molar-refractivity contribution in [1.29, 1.82) is 0 Å². The molecule has 0 fully saturated rings. The Labute approximate surface area is 173 Å². The van der Waals surface area contributed by atoms with Gasteiger partial charge in [0.15, 0.2) is 0 Å². The lowest BCUT2D eigenvalue weighted by atomic mass is 10.2. The molecule has 0 radical (unpaired) electrons. The molecule has 4 rings (SSSR count). The van der Waals surface area contributed by atoms with Crippen LogP contribution in [0.1, 0.15) is 11.3 Å². The van der Waals surface area contributed by atoms with Crippen molar-refractivity contribution in [3.05, 3.63) is 75.7 Å². The molecule has 28 heavy (non-hydrogen) atoms. The summed E-state index contributed by atoms with van der Waals surface area (Å²) in [6, 6.07) is 13.8. The number of ether oxygens (including phenoxy) is 1. The monoisotopic (exact) mass is 428 g/mol. The van der Waals surface area contributed by atoms with Crippen LogP contribution in [0.2, 0.25) is 4.34 Å². The predicted molar refractivity (Wildman–Crippen MR) is 111 cm³/mol. The number of hydrogen-bond donors (Lipinski definition) is 0. The van der Waals surface area contributed by atoms with Gasteiger partial charge in [-0.3, -0.25) is 0 Å². The van der Waals surface area contributed by atoms with E-state index in [4.69, 9.17) is 16.3 Å². The molecule has 4 aromatic rings. The van der Waals surface area contributed by atoms with Crippen LogP contribution >= 0.6 is 34.5 Å². The second-order valence-electron chi connectivity index (χ2n) is 5.62. The van der Waals surface area contributed by atoms with Gasteiger partial charge in [0.05, 0.1) is 10.6 Å². The summed E-state index contributed by atoms with van der Waals surface area (Å²) in [6.07, 6.45) is 4.96.